The number of anilines is 2. The lowest BCUT2D eigenvalue weighted by molar-refractivity contribution is 0.0583. The zero-order valence-electron chi connectivity index (χ0n) is 20.8. The zero-order chi connectivity index (χ0) is 27.1. The fourth-order valence-electron chi connectivity index (χ4n) is 4.41. The lowest BCUT2D eigenvalue weighted by Gasteiger charge is -2.17. The average molecular weight is 553 g/mol. The van der Waals surface area contributed by atoms with Gasteiger partial charge in [-0.2, -0.15) is 10.2 Å². The number of carbonyl (C=O) groups excluding carboxylic acids is 1. The number of nitrogens with zero attached hydrogens (tertiary/aromatic N) is 5. The van der Waals surface area contributed by atoms with Gasteiger partial charge in [0.2, 0.25) is 0 Å². The molecule has 206 valence electrons. The molecule has 3 atom stereocenters. The van der Waals surface area contributed by atoms with Crippen LogP contribution in [0.2, 0.25) is 0 Å². The highest BCUT2D eigenvalue weighted by Crippen LogP contribution is 2.40. The fraction of sp³-hybridized carbons (Fsp3) is 0.545. The maximum atomic E-state index is 14.8. The fourth-order valence-corrected chi connectivity index (χ4v) is 4.67. The Morgan fingerprint density at radius 2 is 2.08 bits per heavy atom. The molecular formula is C22H29FN7O7P. The maximum Gasteiger partial charge on any atom is 0.471 e. The molecule has 3 aromatic rings. The molecule has 16 heteroatoms. The van der Waals surface area contributed by atoms with Crippen molar-refractivity contribution >= 4 is 31.1 Å². The molecule has 3 heterocycles. The number of alkyl carbamates (subject to hydrolysis) is 1. The van der Waals surface area contributed by atoms with Gasteiger partial charge < -0.3 is 29.9 Å². The SMILES string of the molecule is COCc1cc2c(Nc3cc([C@@H]4C[C@H](F)[C@H](OC(=O)NC5(C)CC5)C4)nn3COP(=O)(O)O)nccn2n1. The number of carbonyl (C=O) groups is 1. The number of alkyl halides is 1. The Morgan fingerprint density at radius 3 is 2.79 bits per heavy atom. The summed E-state index contributed by atoms with van der Waals surface area (Å²) in [4.78, 5) is 34.9. The van der Waals surface area contributed by atoms with Gasteiger partial charge in [-0.3, -0.25) is 4.52 Å². The second kappa shape index (κ2) is 10.2. The van der Waals surface area contributed by atoms with Crippen LogP contribution in [-0.2, 0) is 31.9 Å². The van der Waals surface area contributed by atoms with Crippen molar-refractivity contribution in [1.29, 1.82) is 0 Å². The molecule has 2 aliphatic carbocycles. The van der Waals surface area contributed by atoms with E-state index in [2.05, 4.69) is 30.3 Å². The third kappa shape index (κ3) is 6.13. The van der Waals surface area contributed by atoms with Crippen LogP contribution in [-0.4, -0.2) is 65.2 Å². The Bertz CT molecular complexity index is 1370. The van der Waals surface area contributed by atoms with Crippen molar-refractivity contribution in [3.05, 3.63) is 35.9 Å². The van der Waals surface area contributed by atoms with Gasteiger partial charge in [-0.1, -0.05) is 0 Å². The predicted octanol–water partition coefficient (Wildman–Crippen LogP) is 2.75. The summed E-state index contributed by atoms with van der Waals surface area (Å²) in [6.07, 6.45) is 2.23. The molecule has 3 aromatic heterocycles. The summed E-state index contributed by atoms with van der Waals surface area (Å²) < 4.78 is 44.1. The highest BCUT2D eigenvalue weighted by atomic mass is 31.2. The van der Waals surface area contributed by atoms with E-state index in [9.17, 15) is 23.5 Å². The Morgan fingerprint density at radius 1 is 1.29 bits per heavy atom. The van der Waals surface area contributed by atoms with Crippen molar-refractivity contribution in [2.24, 2.45) is 0 Å². The molecule has 0 spiro atoms. The van der Waals surface area contributed by atoms with E-state index in [4.69, 9.17) is 9.47 Å². The van der Waals surface area contributed by atoms with Crippen molar-refractivity contribution in [3.8, 4) is 0 Å². The summed E-state index contributed by atoms with van der Waals surface area (Å²) in [5.74, 6) is 0.304. The highest BCUT2D eigenvalue weighted by molar-refractivity contribution is 7.46. The molecule has 38 heavy (non-hydrogen) atoms. The van der Waals surface area contributed by atoms with Crippen LogP contribution in [0.25, 0.3) is 5.52 Å². The van der Waals surface area contributed by atoms with Crippen molar-refractivity contribution in [3.63, 3.8) is 0 Å². The normalized spacial score (nSPS) is 22.5. The smallest absolute Gasteiger partial charge is 0.443 e. The number of phosphoric acid groups is 1. The summed E-state index contributed by atoms with van der Waals surface area (Å²) in [6, 6.07) is 3.41. The molecule has 1 amide bonds. The molecular weight excluding hydrogens is 524 g/mol. The number of ether oxygens (including phenoxy) is 2. The van der Waals surface area contributed by atoms with E-state index in [0.29, 0.717) is 35.1 Å². The molecule has 0 aliphatic heterocycles. The minimum atomic E-state index is -4.80. The van der Waals surface area contributed by atoms with Gasteiger partial charge >= 0.3 is 13.9 Å². The van der Waals surface area contributed by atoms with E-state index in [1.807, 2.05) is 6.92 Å². The van der Waals surface area contributed by atoms with E-state index in [1.165, 1.54) is 10.9 Å². The van der Waals surface area contributed by atoms with E-state index < -0.39 is 38.8 Å². The second-order valence-corrected chi connectivity index (χ2v) is 11.1. The Balaban J connectivity index is 1.36. The Labute approximate surface area is 216 Å². The molecule has 2 aliphatic rings. The van der Waals surface area contributed by atoms with Crippen LogP contribution in [0.15, 0.2) is 24.5 Å². The topological polar surface area (TPSA) is 174 Å². The van der Waals surface area contributed by atoms with Crippen LogP contribution in [0, 0.1) is 0 Å². The third-order valence-electron chi connectivity index (χ3n) is 6.64. The van der Waals surface area contributed by atoms with Crippen LogP contribution >= 0.6 is 7.82 Å². The van der Waals surface area contributed by atoms with E-state index in [0.717, 1.165) is 12.8 Å². The number of amides is 1. The second-order valence-electron chi connectivity index (χ2n) is 9.82. The first kappa shape index (κ1) is 26.5. The first-order chi connectivity index (χ1) is 18.0. The number of hydrogen-bond acceptors (Lipinski definition) is 9. The van der Waals surface area contributed by atoms with Crippen LogP contribution < -0.4 is 10.6 Å². The minimum absolute atomic E-state index is 0.0713. The standard InChI is InChI=1S/C22H29FN7O7P/c1-22(3-4-22)26-21(31)37-18-8-13(7-15(18)23)16-10-19(30(28-16)12-36-38(32,33)34)25-20-17-9-14(11-35-2)27-29(17)6-5-24-20/h5-6,9-10,13,15,18H,3-4,7-8,11-12H2,1-2H3,(H,24,25)(H,26,31)(H2,32,33,34)/t13-,15+,18-/m1/s1. The van der Waals surface area contributed by atoms with Gasteiger partial charge in [0.25, 0.3) is 0 Å². The average Bonchev–Trinajstić information content (AvgIpc) is 3.16. The van der Waals surface area contributed by atoms with Gasteiger partial charge in [-0.15, -0.1) is 0 Å². The Kier molecular flexibility index (Phi) is 7.13. The van der Waals surface area contributed by atoms with E-state index in [-0.39, 0.29) is 18.4 Å². The monoisotopic (exact) mass is 553 g/mol. The molecule has 0 unspecified atom stereocenters. The van der Waals surface area contributed by atoms with E-state index in [1.54, 1.807) is 30.0 Å². The summed E-state index contributed by atoms with van der Waals surface area (Å²) in [5, 5.41) is 14.7. The number of phosphoric ester groups is 1. The summed E-state index contributed by atoms with van der Waals surface area (Å²) in [6.45, 7) is 1.62. The van der Waals surface area contributed by atoms with Gasteiger partial charge in [-0.05, 0) is 38.7 Å². The van der Waals surface area contributed by atoms with Crippen molar-refractivity contribution in [2.45, 2.75) is 69.7 Å². The lowest BCUT2D eigenvalue weighted by Crippen LogP contribution is -2.38. The van der Waals surface area contributed by atoms with Crippen molar-refractivity contribution < 1.29 is 37.5 Å². The summed E-state index contributed by atoms with van der Waals surface area (Å²) >= 11 is 0. The van der Waals surface area contributed by atoms with Gasteiger partial charge in [0, 0.05) is 37.0 Å². The van der Waals surface area contributed by atoms with Crippen LogP contribution in [0.3, 0.4) is 0 Å². The molecule has 0 saturated heterocycles. The molecule has 4 N–H and O–H groups in total. The largest absolute Gasteiger partial charge is 0.471 e. The molecule has 0 bridgehead atoms. The Hall–Kier alpha value is -3.10. The zero-order valence-corrected chi connectivity index (χ0v) is 21.7. The number of methoxy groups -OCH3 is 1. The van der Waals surface area contributed by atoms with Crippen molar-refractivity contribution in [2.75, 3.05) is 12.4 Å². The lowest BCUT2D eigenvalue weighted by atomic mass is 10.0. The van der Waals surface area contributed by atoms with Crippen LogP contribution in [0.4, 0.5) is 20.8 Å². The van der Waals surface area contributed by atoms with E-state index >= 15 is 0 Å². The minimum Gasteiger partial charge on any atom is -0.443 e. The summed E-state index contributed by atoms with van der Waals surface area (Å²) in [5.41, 5.74) is 1.47. The van der Waals surface area contributed by atoms with Crippen molar-refractivity contribution in [1.82, 2.24) is 29.7 Å². The number of halogens is 1. The number of rotatable bonds is 10. The molecule has 14 nitrogen and oxygen atoms in total. The third-order valence-corrected chi connectivity index (χ3v) is 7.09. The molecule has 0 aromatic carbocycles. The number of nitrogens with one attached hydrogen (secondary N) is 2. The van der Waals surface area contributed by atoms with Gasteiger partial charge in [0.15, 0.2) is 12.5 Å². The van der Waals surface area contributed by atoms with Gasteiger partial charge in [0.1, 0.15) is 23.6 Å². The quantitative estimate of drug-likeness (QED) is 0.272. The number of fused-ring (bicyclic) bond motifs is 1. The predicted molar refractivity (Wildman–Crippen MR) is 130 cm³/mol. The number of aromatic nitrogens is 5. The summed E-state index contributed by atoms with van der Waals surface area (Å²) in [7, 11) is -3.24. The number of hydrogen-bond donors (Lipinski definition) is 4. The first-order valence-corrected chi connectivity index (χ1v) is 13.5. The van der Waals surface area contributed by atoms with Crippen LogP contribution in [0.5, 0.6) is 0 Å². The first-order valence-electron chi connectivity index (χ1n) is 12.0. The maximum absolute atomic E-state index is 14.8. The van der Waals surface area contributed by atoms with Gasteiger partial charge in [-0.25, -0.2) is 27.9 Å². The molecule has 0 radical (unpaired) electrons. The molecule has 2 saturated carbocycles. The van der Waals surface area contributed by atoms with Gasteiger partial charge in [0.05, 0.1) is 18.0 Å². The molecule has 2 fully saturated rings. The molecule has 5 rings (SSSR count). The van der Waals surface area contributed by atoms with Crippen LogP contribution in [0.1, 0.15) is 49.9 Å². The highest BCUT2D eigenvalue weighted by Gasteiger charge is 2.43.